The molecule has 0 spiro atoms. The van der Waals surface area contributed by atoms with E-state index in [4.69, 9.17) is 0 Å². The molecule has 0 saturated carbocycles. The Morgan fingerprint density at radius 3 is 1.00 bits per heavy atom. The maximum Gasteiger partial charge on any atom is 0.0159 e. The summed E-state index contributed by atoms with van der Waals surface area (Å²) in [6, 6.07) is 70.2. The third kappa shape index (κ3) is 5.91. The molecule has 0 bridgehead atoms. The first-order chi connectivity index (χ1) is 32.2. The largest absolute Gasteiger partial charge is 0.0616 e. The number of hydrogen-bond donors (Lipinski definition) is 0. The lowest BCUT2D eigenvalue weighted by Gasteiger charge is -2.24. The van der Waals surface area contributed by atoms with Gasteiger partial charge in [0.2, 0.25) is 0 Å². The van der Waals surface area contributed by atoms with E-state index in [1.54, 1.807) is 0 Å². The Hall–Kier alpha value is -7.28. The Morgan fingerprint density at radius 1 is 0.284 bits per heavy atom. The summed E-state index contributed by atoms with van der Waals surface area (Å²) in [5, 5.41) is 15.9. The fraction of sp³-hybridized carbons (Fsp3) is 0.164. The standard InChI is InChI=1S/C67H54/c1-65(2,3)47-33-43-19-17-39-21-27-53(57-31-25-45(35-47)61(43)63(39)57)51-15-11-9-13-49(51)41-23-29-55-56-30-24-42(38-60(56)67(7,8)59(55)37-41)50-14-10-12-16-52(50)54-28-22-40-18-20-44-34-48(66(4,5)6)36-46-26-32-58(54)64(40)62(44)46/h9-38H,1-8H3. The van der Waals surface area contributed by atoms with Gasteiger partial charge in [-0.1, -0.05) is 225 Å². The Labute approximate surface area is 394 Å². The van der Waals surface area contributed by atoms with Gasteiger partial charge in [0.25, 0.3) is 0 Å². The van der Waals surface area contributed by atoms with E-state index in [9.17, 15) is 0 Å². The molecule has 0 unspecified atom stereocenters. The lowest BCUT2D eigenvalue weighted by molar-refractivity contribution is 0.591. The SMILES string of the molecule is CC(C)(C)c1cc2ccc3ccc(-c4ccccc4-c4ccc5c(c4)C(C)(C)c4cc(-c6ccccc6-c6ccc7ccc8cc(C(C)(C)C)cc9ccc6c7c89)ccc4-5)c4ccc(c1)c2c34. The molecule has 0 saturated heterocycles. The molecule has 1 aliphatic rings. The Bertz CT molecular complexity index is 3710. The quantitative estimate of drug-likeness (QED) is 0.155. The zero-order chi connectivity index (χ0) is 45.7. The Balaban J connectivity index is 0.898. The fourth-order valence-electron chi connectivity index (χ4n) is 12.0. The predicted molar refractivity (Wildman–Crippen MR) is 291 cm³/mol. The van der Waals surface area contributed by atoms with Crippen LogP contribution in [0.3, 0.4) is 0 Å². The molecule has 322 valence electrons. The van der Waals surface area contributed by atoms with Gasteiger partial charge in [-0.3, -0.25) is 0 Å². The average Bonchev–Trinajstić information content (AvgIpc) is 3.55. The van der Waals surface area contributed by atoms with Crippen molar-refractivity contribution in [3.8, 4) is 55.6 Å². The fourth-order valence-corrected chi connectivity index (χ4v) is 12.0. The van der Waals surface area contributed by atoms with E-state index in [0.717, 1.165) is 0 Å². The van der Waals surface area contributed by atoms with Gasteiger partial charge < -0.3 is 0 Å². The molecule has 0 N–H and O–H groups in total. The lowest BCUT2D eigenvalue weighted by Crippen LogP contribution is -2.15. The molecule has 0 amide bonds. The molecule has 0 fully saturated rings. The van der Waals surface area contributed by atoms with Gasteiger partial charge in [-0.05, 0) is 165 Å². The molecule has 12 aromatic carbocycles. The van der Waals surface area contributed by atoms with Gasteiger partial charge in [-0.25, -0.2) is 0 Å². The predicted octanol–water partition coefficient (Wildman–Crippen LogP) is 19.1. The van der Waals surface area contributed by atoms with Crippen LogP contribution in [-0.4, -0.2) is 0 Å². The summed E-state index contributed by atoms with van der Waals surface area (Å²) in [6.07, 6.45) is 0. The van der Waals surface area contributed by atoms with Crippen molar-refractivity contribution in [3.05, 3.63) is 204 Å². The summed E-state index contributed by atoms with van der Waals surface area (Å²) in [6.45, 7) is 18.7. The number of fused-ring (bicyclic) bond motifs is 3. The molecule has 1 aliphatic carbocycles. The highest BCUT2D eigenvalue weighted by molar-refractivity contribution is 6.27. The van der Waals surface area contributed by atoms with Crippen molar-refractivity contribution in [3.63, 3.8) is 0 Å². The minimum atomic E-state index is -0.196. The average molecular weight is 859 g/mol. The van der Waals surface area contributed by atoms with Gasteiger partial charge in [0.1, 0.15) is 0 Å². The zero-order valence-corrected chi connectivity index (χ0v) is 39.8. The molecule has 0 nitrogen and oxygen atoms in total. The second-order valence-corrected chi connectivity index (χ2v) is 22.1. The molecule has 67 heavy (non-hydrogen) atoms. The number of hydrogen-bond acceptors (Lipinski definition) is 0. The van der Waals surface area contributed by atoms with Crippen LogP contribution in [0, 0.1) is 0 Å². The van der Waals surface area contributed by atoms with Crippen LogP contribution >= 0.6 is 0 Å². The maximum atomic E-state index is 2.49. The van der Waals surface area contributed by atoms with Gasteiger partial charge in [0, 0.05) is 5.41 Å². The van der Waals surface area contributed by atoms with E-state index < -0.39 is 0 Å². The van der Waals surface area contributed by atoms with Crippen LogP contribution in [0.4, 0.5) is 0 Å². The highest BCUT2D eigenvalue weighted by atomic mass is 14.4. The molecular formula is C67H54. The highest BCUT2D eigenvalue weighted by Gasteiger charge is 2.36. The molecular weight excluding hydrogens is 805 g/mol. The van der Waals surface area contributed by atoms with Crippen LogP contribution in [0.2, 0.25) is 0 Å². The monoisotopic (exact) mass is 858 g/mol. The lowest BCUT2D eigenvalue weighted by atomic mass is 9.80. The van der Waals surface area contributed by atoms with Crippen molar-refractivity contribution in [1.29, 1.82) is 0 Å². The minimum Gasteiger partial charge on any atom is -0.0616 e. The van der Waals surface area contributed by atoms with Crippen molar-refractivity contribution in [1.82, 2.24) is 0 Å². The van der Waals surface area contributed by atoms with E-state index in [1.807, 2.05) is 0 Å². The highest BCUT2D eigenvalue weighted by Crippen LogP contribution is 2.53. The van der Waals surface area contributed by atoms with Crippen molar-refractivity contribution < 1.29 is 0 Å². The molecule has 0 aliphatic heterocycles. The van der Waals surface area contributed by atoms with Crippen LogP contribution in [0.5, 0.6) is 0 Å². The van der Waals surface area contributed by atoms with Crippen molar-refractivity contribution >= 4 is 64.6 Å². The van der Waals surface area contributed by atoms with Gasteiger partial charge in [0.15, 0.2) is 0 Å². The maximum absolute atomic E-state index is 2.49. The van der Waals surface area contributed by atoms with Crippen molar-refractivity contribution in [2.75, 3.05) is 0 Å². The minimum absolute atomic E-state index is 0.0822. The summed E-state index contributed by atoms with van der Waals surface area (Å²) in [5.41, 5.74) is 18.3. The van der Waals surface area contributed by atoms with E-state index in [0.29, 0.717) is 0 Å². The molecule has 0 heterocycles. The van der Waals surface area contributed by atoms with Gasteiger partial charge in [-0.15, -0.1) is 0 Å². The third-order valence-electron chi connectivity index (χ3n) is 15.7. The van der Waals surface area contributed by atoms with Crippen molar-refractivity contribution in [2.24, 2.45) is 0 Å². The molecule has 13 rings (SSSR count). The Morgan fingerprint density at radius 2 is 0.612 bits per heavy atom. The van der Waals surface area contributed by atoms with Gasteiger partial charge in [0.05, 0.1) is 0 Å². The van der Waals surface area contributed by atoms with E-state index >= 15 is 0 Å². The second kappa shape index (κ2) is 13.9. The molecule has 0 radical (unpaired) electrons. The Kier molecular flexibility index (Phi) is 8.29. The summed E-state index contributed by atoms with van der Waals surface area (Å²) < 4.78 is 0. The van der Waals surface area contributed by atoms with E-state index in [2.05, 4.69) is 237 Å². The summed E-state index contributed by atoms with van der Waals surface area (Å²) in [7, 11) is 0. The number of benzene rings is 12. The van der Waals surface area contributed by atoms with Crippen LogP contribution in [0.1, 0.15) is 77.6 Å². The van der Waals surface area contributed by atoms with Crippen LogP contribution in [0.15, 0.2) is 182 Å². The zero-order valence-electron chi connectivity index (χ0n) is 39.8. The topological polar surface area (TPSA) is 0 Å². The van der Waals surface area contributed by atoms with Gasteiger partial charge in [-0.2, -0.15) is 0 Å². The van der Waals surface area contributed by atoms with Gasteiger partial charge >= 0.3 is 0 Å². The van der Waals surface area contributed by atoms with E-state index in [-0.39, 0.29) is 16.2 Å². The normalized spacial score (nSPS) is 13.8. The summed E-state index contributed by atoms with van der Waals surface area (Å²) >= 11 is 0. The summed E-state index contributed by atoms with van der Waals surface area (Å²) in [4.78, 5) is 0. The van der Waals surface area contributed by atoms with E-state index in [1.165, 1.54) is 143 Å². The first-order valence-corrected chi connectivity index (χ1v) is 24.2. The first-order valence-electron chi connectivity index (χ1n) is 24.2. The molecule has 0 atom stereocenters. The van der Waals surface area contributed by atoms with Crippen LogP contribution in [0.25, 0.3) is 120 Å². The van der Waals surface area contributed by atoms with Crippen LogP contribution in [-0.2, 0) is 16.2 Å². The first kappa shape index (κ1) is 40.0. The summed E-state index contributed by atoms with van der Waals surface area (Å²) in [5.74, 6) is 0. The smallest absolute Gasteiger partial charge is 0.0159 e. The second-order valence-electron chi connectivity index (χ2n) is 22.1. The molecule has 0 heteroatoms. The molecule has 12 aromatic rings. The van der Waals surface area contributed by atoms with Crippen LogP contribution < -0.4 is 0 Å². The molecule has 0 aromatic heterocycles. The van der Waals surface area contributed by atoms with Crippen molar-refractivity contribution in [2.45, 2.75) is 71.6 Å². The number of rotatable bonds is 4. The third-order valence-corrected chi connectivity index (χ3v) is 15.7.